The molecular weight excluding hydrogens is 246 g/mol. The van der Waals surface area contributed by atoms with E-state index in [4.69, 9.17) is 4.98 Å². The van der Waals surface area contributed by atoms with Gasteiger partial charge in [-0.2, -0.15) is 0 Å². The Morgan fingerprint density at radius 1 is 1.25 bits per heavy atom. The first kappa shape index (κ1) is 17.0. The number of rotatable bonds is 6. The van der Waals surface area contributed by atoms with Crippen LogP contribution in [0.25, 0.3) is 0 Å². The molecule has 0 aliphatic carbocycles. The minimum absolute atomic E-state index is 0.122. The van der Waals surface area contributed by atoms with Gasteiger partial charge in [-0.25, -0.2) is 4.98 Å². The van der Waals surface area contributed by atoms with E-state index >= 15 is 0 Å². The SMILES string of the molecule is CCCCN(C)c1nc(C)cc(C)c1CNC(C)(C)C. The highest BCUT2D eigenvalue weighted by atomic mass is 15.2. The molecule has 3 heteroatoms. The number of nitrogens with one attached hydrogen (secondary N) is 1. The molecule has 20 heavy (non-hydrogen) atoms. The number of aromatic nitrogens is 1. The molecule has 0 saturated heterocycles. The van der Waals surface area contributed by atoms with Crippen molar-refractivity contribution in [2.75, 3.05) is 18.5 Å². The molecule has 1 aromatic heterocycles. The van der Waals surface area contributed by atoms with Gasteiger partial charge in [0.05, 0.1) is 0 Å². The monoisotopic (exact) mass is 277 g/mol. The van der Waals surface area contributed by atoms with E-state index in [2.05, 4.69) is 64.9 Å². The van der Waals surface area contributed by atoms with Gasteiger partial charge in [-0.05, 0) is 52.7 Å². The summed E-state index contributed by atoms with van der Waals surface area (Å²) in [4.78, 5) is 7.07. The zero-order valence-corrected chi connectivity index (χ0v) is 14.3. The van der Waals surface area contributed by atoms with Crippen LogP contribution < -0.4 is 10.2 Å². The van der Waals surface area contributed by atoms with Crippen molar-refractivity contribution in [2.24, 2.45) is 0 Å². The number of aryl methyl sites for hydroxylation is 2. The molecule has 1 heterocycles. The lowest BCUT2D eigenvalue weighted by Crippen LogP contribution is -2.36. The molecule has 1 rings (SSSR count). The standard InChI is InChI=1S/C17H31N3/c1-8-9-10-20(7)16-15(12-18-17(4,5)6)13(2)11-14(3)19-16/h11,18H,8-10,12H2,1-7H3. The van der Waals surface area contributed by atoms with Gasteiger partial charge in [-0.3, -0.25) is 0 Å². The van der Waals surface area contributed by atoms with Gasteiger partial charge in [0.2, 0.25) is 0 Å². The summed E-state index contributed by atoms with van der Waals surface area (Å²) in [5.41, 5.74) is 3.87. The molecule has 0 aliphatic heterocycles. The van der Waals surface area contributed by atoms with E-state index in [0.717, 1.165) is 24.6 Å². The maximum absolute atomic E-state index is 4.77. The second kappa shape index (κ2) is 7.07. The van der Waals surface area contributed by atoms with Crippen molar-refractivity contribution in [3.05, 3.63) is 22.9 Å². The van der Waals surface area contributed by atoms with E-state index in [1.807, 2.05) is 0 Å². The molecule has 0 amide bonds. The summed E-state index contributed by atoms with van der Waals surface area (Å²) in [5.74, 6) is 1.13. The second-order valence-corrected chi connectivity index (χ2v) is 6.76. The van der Waals surface area contributed by atoms with Crippen LogP contribution in [0.5, 0.6) is 0 Å². The van der Waals surface area contributed by atoms with E-state index in [0.29, 0.717) is 0 Å². The maximum Gasteiger partial charge on any atom is 0.133 e. The highest BCUT2D eigenvalue weighted by Crippen LogP contribution is 2.22. The summed E-state index contributed by atoms with van der Waals surface area (Å²) >= 11 is 0. The van der Waals surface area contributed by atoms with Crippen LogP contribution in [-0.2, 0) is 6.54 Å². The first-order valence-corrected chi connectivity index (χ1v) is 7.68. The lowest BCUT2D eigenvalue weighted by Gasteiger charge is -2.26. The van der Waals surface area contributed by atoms with Gasteiger partial charge in [-0.1, -0.05) is 13.3 Å². The number of nitrogens with zero attached hydrogens (tertiary/aromatic N) is 2. The quantitative estimate of drug-likeness (QED) is 0.856. The fraction of sp³-hybridized carbons (Fsp3) is 0.706. The third-order valence-electron chi connectivity index (χ3n) is 3.46. The van der Waals surface area contributed by atoms with E-state index in [-0.39, 0.29) is 5.54 Å². The van der Waals surface area contributed by atoms with Crippen molar-refractivity contribution in [1.82, 2.24) is 10.3 Å². The Bertz CT molecular complexity index is 433. The Balaban J connectivity index is 3.01. The van der Waals surface area contributed by atoms with E-state index in [9.17, 15) is 0 Å². The molecule has 114 valence electrons. The molecule has 0 bridgehead atoms. The molecule has 0 aromatic carbocycles. The minimum Gasteiger partial charge on any atom is -0.359 e. The van der Waals surface area contributed by atoms with E-state index in [1.165, 1.54) is 24.0 Å². The van der Waals surface area contributed by atoms with Gasteiger partial charge in [0.25, 0.3) is 0 Å². The molecule has 0 unspecified atom stereocenters. The summed E-state index contributed by atoms with van der Waals surface area (Å²) in [7, 11) is 2.15. The molecule has 1 aromatic rings. The fourth-order valence-electron chi connectivity index (χ4n) is 2.23. The predicted molar refractivity (Wildman–Crippen MR) is 88.5 cm³/mol. The molecule has 1 N–H and O–H groups in total. The Hall–Kier alpha value is -1.09. The van der Waals surface area contributed by atoms with Gasteiger partial charge in [0.15, 0.2) is 0 Å². The molecular formula is C17H31N3. The van der Waals surface area contributed by atoms with Crippen LogP contribution in [0.1, 0.15) is 57.4 Å². The minimum atomic E-state index is 0.122. The average molecular weight is 277 g/mol. The molecule has 0 radical (unpaired) electrons. The van der Waals surface area contributed by atoms with Crippen LogP contribution in [0.2, 0.25) is 0 Å². The van der Waals surface area contributed by atoms with E-state index in [1.54, 1.807) is 0 Å². The molecule has 0 aliphatic rings. The molecule has 3 nitrogen and oxygen atoms in total. The Morgan fingerprint density at radius 2 is 1.90 bits per heavy atom. The maximum atomic E-state index is 4.77. The van der Waals surface area contributed by atoms with Crippen molar-refractivity contribution in [1.29, 1.82) is 0 Å². The smallest absolute Gasteiger partial charge is 0.133 e. The normalized spacial score (nSPS) is 11.8. The van der Waals surface area contributed by atoms with Crippen molar-refractivity contribution in [3.8, 4) is 0 Å². The highest BCUT2D eigenvalue weighted by molar-refractivity contribution is 5.51. The predicted octanol–water partition coefficient (Wildman–Crippen LogP) is 3.82. The Kier molecular flexibility index (Phi) is 6.00. The number of pyridine rings is 1. The zero-order valence-electron chi connectivity index (χ0n) is 14.3. The summed E-state index contributed by atoms with van der Waals surface area (Å²) in [6.07, 6.45) is 2.42. The van der Waals surface area contributed by atoms with Crippen LogP contribution >= 0.6 is 0 Å². The lowest BCUT2D eigenvalue weighted by molar-refractivity contribution is 0.423. The number of hydrogen-bond acceptors (Lipinski definition) is 3. The van der Waals surface area contributed by atoms with Gasteiger partial charge in [-0.15, -0.1) is 0 Å². The van der Waals surface area contributed by atoms with E-state index < -0.39 is 0 Å². The fourth-order valence-corrected chi connectivity index (χ4v) is 2.23. The Labute approximate surface area is 124 Å². The zero-order chi connectivity index (χ0) is 15.3. The van der Waals surface area contributed by atoms with Crippen LogP contribution in [0, 0.1) is 13.8 Å². The molecule has 0 atom stereocenters. The van der Waals surface area contributed by atoms with Crippen molar-refractivity contribution < 1.29 is 0 Å². The highest BCUT2D eigenvalue weighted by Gasteiger charge is 2.15. The van der Waals surface area contributed by atoms with Crippen LogP contribution in [0.4, 0.5) is 5.82 Å². The topological polar surface area (TPSA) is 28.2 Å². The molecule has 0 saturated carbocycles. The number of anilines is 1. The molecule has 0 fully saturated rings. The van der Waals surface area contributed by atoms with Crippen molar-refractivity contribution in [3.63, 3.8) is 0 Å². The average Bonchev–Trinajstić information content (AvgIpc) is 2.32. The van der Waals surface area contributed by atoms with Gasteiger partial charge < -0.3 is 10.2 Å². The van der Waals surface area contributed by atoms with Crippen LogP contribution in [0.3, 0.4) is 0 Å². The summed E-state index contributed by atoms with van der Waals surface area (Å²) < 4.78 is 0. The summed E-state index contributed by atoms with van der Waals surface area (Å²) in [6.45, 7) is 15.0. The van der Waals surface area contributed by atoms with Crippen molar-refractivity contribution in [2.45, 2.75) is 66.5 Å². The number of unbranched alkanes of at least 4 members (excludes halogenated alkanes) is 1. The second-order valence-electron chi connectivity index (χ2n) is 6.76. The third kappa shape index (κ3) is 5.12. The summed E-state index contributed by atoms with van der Waals surface area (Å²) in [6, 6.07) is 2.18. The first-order chi connectivity index (χ1) is 9.24. The van der Waals surface area contributed by atoms with Gasteiger partial charge in [0, 0.05) is 36.9 Å². The first-order valence-electron chi connectivity index (χ1n) is 7.68. The third-order valence-corrected chi connectivity index (χ3v) is 3.46. The van der Waals surface area contributed by atoms with Gasteiger partial charge in [0.1, 0.15) is 5.82 Å². The largest absolute Gasteiger partial charge is 0.359 e. The van der Waals surface area contributed by atoms with Crippen LogP contribution in [0.15, 0.2) is 6.07 Å². The Morgan fingerprint density at radius 3 is 2.45 bits per heavy atom. The van der Waals surface area contributed by atoms with Crippen molar-refractivity contribution >= 4 is 5.82 Å². The molecule has 0 spiro atoms. The van der Waals surface area contributed by atoms with Crippen LogP contribution in [-0.4, -0.2) is 24.1 Å². The van der Waals surface area contributed by atoms with Gasteiger partial charge >= 0.3 is 0 Å². The number of hydrogen-bond donors (Lipinski definition) is 1. The summed E-state index contributed by atoms with van der Waals surface area (Å²) in [5, 5.41) is 3.58. The lowest BCUT2D eigenvalue weighted by atomic mass is 10.1.